The lowest BCUT2D eigenvalue weighted by Crippen LogP contribution is -2.39. The highest BCUT2D eigenvalue weighted by atomic mass is 15.1. The minimum atomic E-state index is -0.243. The van der Waals surface area contributed by atoms with Gasteiger partial charge in [-0.1, -0.05) is 6.92 Å². The van der Waals surface area contributed by atoms with E-state index in [4.69, 9.17) is 5.73 Å². The van der Waals surface area contributed by atoms with Crippen molar-refractivity contribution in [1.29, 1.82) is 0 Å². The van der Waals surface area contributed by atoms with Crippen LogP contribution in [0.15, 0.2) is 12.4 Å². The number of aryl methyl sites for hydroxylation is 1. The van der Waals surface area contributed by atoms with E-state index in [9.17, 15) is 0 Å². The van der Waals surface area contributed by atoms with Crippen molar-refractivity contribution in [2.45, 2.75) is 32.7 Å². The standard InChI is InChI=1S/C10H18N4/c1-4-8-5-12-9(13-6-8)14-7-10(2,3)11/h5-6H,4,7,11H2,1-3H3,(H,12,13,14). The Morgan fingerprint density at radius 2 is 1.93 bits per heavy atom. The van der Waals surface area contributed by atoms with E-state index >= 15 is 0 Å². The smallest absolute Gasteiger partial charge is 0.222 e. The molecule has 0 aliphatic carbocycles. The van der Waals surface area contributed by atoms with Crippen LogP contribution in [0.25, 0.3) is 0 Å². The Balaban J connectivity index is 2.52. The lowest BCUT2D eigenvalue weighted by Gasteiger charge is -2.18. The minimum Gasteiger partial charge on any atom is -0.352 e. The van der Waals surface area contributed by atoms with Gasteiger partial charge in [-0.15, -0.1) is 0 Å². The molecule has 0 aliphatic rings. The molecule has 1 aromatic rings. The second-order valence-corrected chi connectivity index (χ2v) is 4.11. The highest BCUT2D eigenvalue weighted by Crippen LogP contribution is 2.03. The molecule has 4 nitrogen and oxygen atoms in total. The minimum absolute atomic E-state index is 0.243. The molecule has 0 unspecified atom stereocenters. The molecule has 78 valence electrons. The van der Waals surface area contributed by atoms with Crippen LogP contribution in [-0.4, -0.2) is 22.1 Å². The van der Waals surface area contributed by atoms with E-state index in [1.165, 1.54) is 0 Å². The van der Waals surface area contributed by atoms with Gasteiger partial charge in [-0.3, -0.25) is 0 Å². The predicted molar refractivity (Wildman–Crippen MR) is 58.2 cm³/mol. The molecular formula is C10H18N4. The molecule has 0 aromatic carbocycles. The molecule has 1 aromatic heterocycles. The predicted octanol–water partition coefficient (Wildman–Crippen LogP) is 1.19. The third kappa shape index (κ3) is 3.70. The molecule has 0 radical (unpaired) electrons. The first-order valence-corrected chi connectivity index (χ1v) is 4.85. The van der Waals surface area contributed by atoms with Crippen LogP contribution >= 0.6 is 0 Å². The topological polar surface area (TPSA) is 63.8 Å². The van der Waals surface area contributed by atoms with Crippen LogP contribution in [0.4, 0.5) is 5.95 Å². The van der Waals surface area contributed by atoms with Crippen molar-refractivity contribution < 1.29 is 0 Å². The van der Waals surface area contributed by atoms with E-state index in [1.807, 2.05) is 26.2 Å². The van der Waals surface area contributed by atoms with Crippen molar-refractivity contribution in [2.75, 3.05) is 11.9 Å². The van der Waals surface area contributed by atoms with Crippen LogP contribution in [-0.2, 0) is 6.42 Å². The molecular weight excluding hydrogens is 176 g/mol. The molecule has 0 atom stereocenters. The maximum absolute atomic E-state index is 5.82. The maximum Gasteiger partial charge on any atom is 0.222 e. The average Bonchev–Trinajstić information content (AvgIpc) is 2.14. The van der Waals surface area contributed by atoms with Crippen molar-refractivity contribution in [3.05, 3.63) is 18.0 Å². The van der Waals surface area contributed by atoms with Gasteiger partial charge >= 0.3 is 0 Å². The molecule has 4 heteroatoms. The number of aromatic nitrogens is 2. The Bertz CT molecular complexity index is 273. The van der Waals surface area contributed by atoms with Gasteiger partial charge < -0.3 is 11.1 Å². The van der Waals surface area contributed by atoms with Gasteiger partial charge in [-0.2, -0.15) is 0 Å². The van der Waals surface area contributed by atoms with Gasteiger partial charge in [0, 0.05) is 24.5 Å². The summed E-state index contributed by atoms with van der Waals surface area (Å²) < 4.78 is 0. The van der Waals surface area contributed by atoms with Gasteiger partial charge in [-0.25, -0.2) is 9.97 Å². The van der Waals surface area contributed by atoms with Crippen LogP contribution in [0, 0.1) is 0 Å². The van der Waals surface area contributed by atoms with E-state index in [1.54, 1.807) is 0 Å². The molecule has 0 saturated heterocycles. The van der Waals surface area contributed by atoms with Crippen LogP contribution in [0.5, 0.6) is 0 Å². The van der Waals surface area contributed by atoms with Gasteiger partial charge in [0.25, 0.3) is 0 Å². The van der Waals surface area contributed by atoms with Crippen molar-refractivity contribution in [3.8, 4) is 0 Å². The summed E-state index contributed by atoms with van der Waals surface area (Å²) in [5.41, 5.74) is 6.72. The first-order chi connectivity index (χ1) is 6.51. The third-order valence-corrected chi connectivity index (χ3v) is 1.82. The van der Waals surface area contributed by atoms with Gasteiger partial charge in [0.1, 0.15) is 0 Å². The second kappa shape index (κ2) is 4.37. The van der Waals surface area contributed by atoms with Crippen LogP contribution < -0.4 is 11.1 Å². The number of hydrogen-bond acceptors (Lipinski definition) is 4. The number of hydrogen-bond donors (Lipinski definition) is 2. The zero-order chi connectivity index (χ0) is 10.6. The summed E-state index contributed by atoms with van der Waals surface area (Å²) in [6.07, 6.45) is 4.63. The first-order valence-electron chi connectivity index (χ1n) is 4.85. The highest BCUT2D eigenvalue weighted by molar-refractivity contribution is 5.25. The van der Waals surface area contributed by atoms with Crippen molar-refractivity contribution in [3.63, 3.8) is 0 Å². The summed E-state index contributed by atoms with van der Waals surface area (Å²) in [6.45, 7) is 6.66. The Labute approximate surface area is 85.0 Å². The van der Waals surface area contributed by atoms with Gasteiger partial charge in [0.2, 0.25) is 5.95 Å². The van der Waals surface area contributed by atoms with Gasteiger partial charge in [0.05, 0.1) is 0 Å². The lowest BCUT2D eigenvalue weighted by atomic mass is 10.1. The molecule has 0 aliphatic heterocycles. The molecule has 0 amide bonds. The monoisotopic (exact) mass is 194 g/mol. The maximum atomic E-state index is 5.82. The number of nitrogens with zero attached hydrogens (tertiary/aromatic N) is 2. The van der Waals surface area contributed by atoms with E-state index in [0.29, 0.717) is 12.5 Å². The van der Waals surface area contributed by atoms with E-state index in [2.05, 4.69) is 22.2 Å². The zero-order valence-corrected chi connectivity index (χ0v) is 9.04. The van der Waals surface area contributed by atoms with Crippen molar-refractivity contribution in [1.82, 2.24) is 9.97 Å². The number of nitrogens with one attached hydrogen (secondary N) is 1. The molecule has 1 rings (SSSR count). The second-order valence-electron chi connectivity index (χ2n) is 4.11. The van der Waals surface area contributed by atoms with E-state index < -0.39 is 0 Å². The average molecular weight is 194 g/mol. The SMILES string of the molecule is CCc1cnc(NCC(C)(C)N)nc1. The molecule has 0 spiro atoms. The Morgan fingerprint density at radius 3 is 2.36 bits per heavy atom. The largest absolute Gasteiger partial charge is 0.352 e. The summed E-state index contributed by atoms with van der Waals surface area (Å²) >= 11 is 0. The van der Waals surface area contributed by atoms with E-state index in [-0.39, 0.29) is 5.54 Å². The van der Waals surface area contributed by atoms with E-state index in [0.717, 1.165) is 12.0 Å². The molecule has 3 N–H and O–H groups in total. The molecule has 0 fully saturated rings. The molecule has 14 heavy (non-hydrogen) atoms. The summed E-state index contributed by atoms with van der Waals surface area (Å²) in [5, 5.41) is 3.09. The van der Waals surface area contributed by atoms with Crippen molar-refractivity contribution >= 4 is 5.95 Å². The summed E-state index contributed by atoms with van der Waals surface area (Å²) in [6, 6.07) is 0. The molecule has 1 heterocycles. The number of nitrogens with two attached hydrogens (primary N) is 1. The highest BCUT2D eigenvalue weighted by Gasteiger charge is 2.10. The van der Waals surface area contributed by atoms with Crippen molar-refractivity contribution in [2.24, 2.45) is 5.73 Å². The lowest BCUT2D eigenvalue weighted by molar-refractivity contribution is 0.547. The Kier molecular flexibility index (Phi) is 3.41. The van der Waals surface area contributed by atoms with Gasteiger partial charge in [0.15, 0.2) is 0 Å². The summed E-state index contributed by atoms with van der Waals surface area (Å²) in [5.74, 6) is 0.640. The first kappa shape index (κ1) is 10.9. The quantitative estimate of drug-likeness (QED) is 0.755. The fourth-order valence-corrected chi connectivity index (χ4v) is 0.936. The Morgan fingerprint density at radius 1 is 1.36 bits per heavy atom. The molecule has 0 saturated carbocycles. The normalized spacial score (nSPS) is 11.4. The fraction of sp³-hybridized carbons (Fsp3) is 0.600. The van der Waals surface area contributed by atoms with Gasteiger partial charge in [-0.05, 0) is 25.8 Å². The van der Waals surface area contributed by atoms with Crippen LogP contribution in [0.3, 0.4) is 0 Å². The summed E-state index contributed by atoms with van der Waals surface area (Å²) in [7, 11) is 0. The van der Waals surface area contributed by atoms with Crippen LogP contribution in [0.1, 0.15) is 26.3 Å². The zero-order valence-electron chi connectivity index (χ0n) is 9.04. The summed E-state index contributed by atoms with van der Waals surface area (Å²) in [4.78, 5) is 8.35. The fourth-order valence-electron chi connectivity index (χ4n) is 0.936. The number of anilines is 1. The Hall–Kier alpha value is -1.16. The molecule has 0 bridgehead atoms. The number of rotatable bonds is 4. The van der Waals surface area contributed by atoms with Crippen LogP contribution in [0.2, 0.25) is 0 Å². The third-order valence-electron chi connectivity index (χ3n) is 1.82.